The summed E-state index contributed by atoms with van der Waals surface area (Å²) in [5.74, 6) is -0.618. The van der Waals surface area contributed by atoms with Crippen LogP contribution in [0.15, 0.2) is 59.5 Å². The van der Waals surface area contributed by atoms with E-state index in [1.807, 2.05) is 58.0 Å². The molecule has 29 heavy (non-hydrogen) atoms. The molecule has 2 aromatic rings. The molecule has 1 unspecified atom stereocenters. The van der Waals surface area contributed by atoms with E-state index in [0.29, 0.717) is 18.0 Å². The van der Waals surface area contributed by atoms with Gasteiger partial charge in [-0.3, -0.25) is 4.79 Å². The Balaban J connectivity index is 1.65. The minimum Gasteiger partial charge on any atom is -0.460 e. The number of fused-ring (bicyclic) bond motifs is 1. The van der Waals surface area contributed by atoms with Gasteiger partial charge in [0.2, 0.25) is 10.0 Å². The Kier molecular flexibility index (Phi) is 4.63. The van der Waals surface area contributed by atoms with Crippen molar-refractivity contribution >= 4 is 16.0 Å². The number of esters is 1. The largest absolute Gasteiger partial charge is 0.460 e. The average molecular weight is 414 g/mol. The third-order valence-electron chi connectivity index (χ3n) is 5.98. The van der Waals surface area contributed by atoms with Crippen LogP contribution in [0.2, 0.25) is 0 Å². The monoisotopic (exact) mass is 413 g/mol. The van der Waals surface area contributed by atoms with Crippen molar-refractivity contribution in [3.8, 4) is 0 Å². The van der Waals surface area contributed by atoms with E-state index in [2.05, 4.69) is 0 Å². The van der Waals surface area contributed by atoms with Gasteiger partial charge in [-0.25, -0.2) is 8.42 Å². The predicted molar refractivity (Wildman–Crippen MR) is 111 cm³/mol. The number of nitrogens with zero attached hydrogens (tertiary/aromatic N) is 1. The number of benzene rings is 2. The predicted octanol–water partition coefficient (Wildman–Crippen LogP) is 3.53. The summed E-state index contributed by atoms with van der Waals surface area (Å²) in [7, 11) is -3.61. The fraction of sp³-hybridized carbons (Fsp3) is 0.435. The first-order valence-corrected chi connectivity index (χ1v) is 11.3. The van der Waals surface area contributed by atoms with Gasteiger partial charge in [0.15, 0.2) is 0 Å². The molecule has 1 aliphatic heterocycles. The number of piperidine rings is 1. The van der Waals surface area contributed by atoms with E-state index >= 15 is 0 Å². The number of rotatable bonds is 4. The maximum absolute atomic E-state index is 13.2. The number of ether oxygens (including phenoxy) is 1. The van der Waals surface area contributed by atoms with Gasteiger partial charge in [0, 0.05) is 18.5 Å². The lowest BCUT2D eigenvalue weighted by atomic mass is 9.93. The third-order valence-corrected chi connectivity index (χ3v) is 7.80. The summed E-state index contributed by atoms with van der Waals surface area (Å²) in [6.45, 7) is 8.11. The van der Waals surface area contributed by atoms with Crippen molar-refractivity contribution in [2.45, 2.75) is 43.6 Å². The van der Waals surface area contributed by atoms with Crippen molar-refractivity contribution in [1.29, 1.82) is 0 Å². The molecule has 0 aromatic heterocycles. The molecular weight excluding hydrogens is 386 g/mol. The molecule has 154 valence electrons. The van der Waals surface area contributed by atoms with Crippen molar-refractivity contribution in [3.05, 3.63) is 65.7 Å². The minimum atomic E-state index is -3.61. The molecule has 2 aliphatic rings. The summed E-state index contributed by atoms with van der Waals surface area (Å²) in [4.78, 5) is 13.2. The SMILES string of the molecule is Cc1ccc(S(=O)(=O)N2CC3[C@@H](C(=O)OC(C)(C)C)[C@]3(c3ccccc3)C2)cc1. The van der Waals surface area contributed by atoms with Crippen molar-refractivity contribution in [3.63, 3.8) is 0 Å². The fourth-order valence-corrected chi connectivity index (χ4v) is 6.11. The normalized spacial score (nSPS) is 26.8. The molecule has 1 heterocycles. The highest BCUT2D eigenvalue weighted by atomic mass is 32.2. The zero-order valence-corrected chi connectivity index (χ0v) is 18.1. The number of sulfonamides is 1. The molecule has 0 radical (unpaired) electrons. The van der Waals surface area contributed by atoms with Gasteiger partial charge in [-0.2, -0.15) is 4.31 Å². The lowest BCUT2D eigenvalue weighted by Crippen LogP contribution is -2.37. The molecule has 0 bridgehead atoms. The first-order chi connectivity index (χ1) is 13.6. The molecule has 6 heteroatoms. The molecule has 0 N–H and O–H groups in total. The Morgan fingerprint density at radius 2 is 1.69 bits per heavy atom. The zero-order chi connectivity index (χ0) is 21.0. The van der Waals surface area contributed by atoms with E-state index in [9.17, 15) is 13.2 Å². The molecular formula is C23H27NO4S. The highest BCUT2D eigenvalue weighted by molar-refractivity contribution is 7.89. The standard InChI is InChI=1S/C23H27NO4S/c1-16-10-12-18(13-11-16)29(26,27)24-14-19-20(21(25)28-22(2,3)4)23(19,15-24)17-8-6-5-7-9-17/h5-13,19-20H,14-15H2,1-4H3/t19?,20-,23-/m0/s1. The summed E-state index contributed by atoms with van der Waals surface area (Å²) in [6, 6.07) is 16.7. The molecule has 0 spiro atoms. The van der Waals surface area contributed by atoms with Crippen LogP contribution in [-0.4, -0.2) is 37.4 Å². The number of hydrogen-bond donors (Lipinski definition) is 0. The third kappa shape index (κ3) is 3.38. The Morgan fingerprint density at radius 3 is 2.28 bits per heavy atom. The van der Waals surface area contributed by atoms with Gasteiger partial charge in [-0.15, -0.1) is 0 Å². The maximum atomic E-state index is 13.2. The van der Waals surface area contributed by atoms with Crippen molar-refractivity contribution < 1.29 is 17.9 Å². The second kappa shape index (κ2) is 6.67. The summed E-state index contributed by atoms with van der Waals surface area (Å²) in [5, 5.41) is 0. The van der Waals surface area contributed by atoms with Crippen LogP contribution >= 0.6 is 0 Å². The van der Waals surface area contributed by atoms with Crippen LogP contribution in [0, 0.1) is 18.8 Å². The Labute approximate surface area is 172 Å². The summed E-state index contributed by atoms with van der Waals surface area (Å²) in [5.41, 5.74) is 0.933. The van der Waals surface area contributed by atoms with Crippen molar-refractivity contribution in [2.75, 3.05) is 13.1 Å². The zero-order valence-electron chi connectivity index (χ0n) is 17.3. The first kappa shape index (κ1) is 20.1. The second-order valence-electron chi connectivity index (χ2n) is 9.13. The molecule has 1 saturated carbocycles. The van der Waals surface area contributed by atoms with Crippen LogP contribution in [0.1, 0.15) is 31.9 Å². The molecule has 1 aliphatic carbocycles. The van der Waals surface area contributed by atoms with Gasteiger partial charge in [0.1, 0.15) is 5.60 Å². The van der Waals surface area contributed by atoms with E-state index in [1.165, 1.54) is 4.31 Å². The van der Waals surface area contributed by atoms with Crippen molar-refractivity contribution in [1.82, 2.24) is 4.31 Å². The molecule has 0 amide bonds. The van der Waals surface area contributed by atoms with Crippen LogP contribution < -0.4 is 0 Å². The highest BCUT2D eigenvalue weighted by Crippen LogP contribution is 2.65. The maximum Gasteiger partial charge on any atom is 0.310 e. The lowest BCUT2D eigenvalue weighted by Gasteiger charge is -2.25. The van der Waals surface area contributed by atoms with Gasteiger partial charge in [0.25, 0.3) is 0 Å². The van der Waals surface area contributed by atoms with Gasteiger partial charge >= 0.3 is 5.97 Å². The minimum absolute atomic E-state index is 0.0695. The molecule has 2 aromatic carbocycles. The molecule has 3 atom stereocenters. The van der Waals surface area contributed by atoms with Crippen molar-refractivity contribution in [2.24, 2.45) is 11.8 Å². The Morgan fingerprint density at radius 1 is 1.07 bits per heavy atom. The molecule has 5 nitrogen and oxygen atoms in total. The smallest absolute Gasteiger partial charge is 0.310 e. The van der Waals surface area contributed by atoms with E-state index < -0.39 is 21.0 Å². The molecule has 2 fully saturated rings. The summed E-state index contributed by atoms with van der Waals surface area (Å²) in [6.07, 6.45) is 0. The quantitative estimate of drug-likeness (QED) is 0.720. The van der Waals surface area contributed by atoms with Gasteiger partial charge < -0.3 is 4.74 Å². The topological polar surface area (TPSA) is 63.7 Å². The number of aryl methyl sites for hydroxylation is 1. The molecule has 4 rings (SSSR count). The van der Waals surface area contributed by atoms with Crippen LogP contribution in [0.25, 0.3) is 0 Å². The number of hydrogen-bond acceptors (Lipinski definition) is 4. The van der Waals surface area contributed by atoms with E-state index in [4.69, 9.17) is 4.74 Å². The number of carbonyl (C=O) groups excluding carboxylic acids is 1. The summed E-state index contributed by atoms with van der Waals surface area (Å²) < 4.78 is 33.6. The second-order valence-corrected chi connectivity index (χ2v) is 11.1. The van der Waals surface area contributed by atoms with Gasteiger partial charge in [0.05, 0.1) is 10.8 Å². The van der Waals surface area contributed by atoms with Gasteiger partial charge in [-0.1, -0.05) is 48.0 Å². The lowest BCUT2D eigenvalue weighted by molar-refractivity contribution is -0.157. The van der Waals surface area contributed by atoms with Crippen LogP contribution in [0.5, 0.6) is 0 Å². The molecule has 1 saturated heterocycles. The van der Waals surface area contributed by atoms with Crippen LogP contribution in [0.4, 0.5) is 0 Å². The Bertz CT molecular complexity index is 1020. The highest BCUT2D eigenvalue weighted by Gasteiger charge is 2.74. The summed E-state index contributed by atoms with van der Waals surface area (Å²) >= 11 is 0. The number of carbonyl (C=O) groups is 1. The van der Waals surface area contributed by atoms with Crippen LogP contribution in [-0.2, 0) is 25.0 Å². The Hall–Kier alpha value is -2.18. The average Bonchev–Trinajstić information content (AvgIpc) is 3.12. The fourth-order valence-electron chi connectivity index (χ4n) is 4.59. The van der Waals surface area contributed by atoms with Gasteiger partial charge in [-0.05, 0) is 51.3 Å². The van der Waals surface area contributed by atoms with E-state index in [1.54, 1.807) is 24.3 Å². The van der Waals surface area contributed by atoms with Crippen LogP contribution in [0.3, 0.4) is 0 Å². The first-order valence-electron chi connectivity index (χ1n) is 9.91. The van der Waals surface area contributed by atoms with E-state index in [0.717, 1.165) is 11.1 Å². The van der Waals surface area contributed by atoms with E-state index in [-0.39, 0.29) is 17.8 Å².